The third-order valence-electron chi connectivity index (χ3n) is 5.05. The average Bonchev–Trinajstić information content (AvgIpc) is 3.29. The number of rotatable bonds is 7. The summed E-state index contributed by atoms with van der Waals surface area (Å²) in [7, 11) is 4.78. The summed E-state index contributed by atoms with van der Waals surface area (Å²) in [5.74, 6) is 2.12. The van der Waals surface area contributed by atoms with Crippen LogP contribution in [0.5, 0.6) is 17.2 Å². The number of imidazole rings is 1. The second-order valence-electron chi connectivity index (χ2n) is 6.81. The number of aromatic hydroxyl groups is 1. The van der Waals surface area contributed by atoms with Gasteiger partial charge in [0.05, 0.1) is 37.6 Å². The molecule has 156 valence electrons. The number of aromatic nitrogens is 3. The van der Waals surface area contributed by atoms with E-state index in [1.54, 1.807) is 27.4 Å². The first kappa shape index (κ1) is 19.7. The number of hydrogen-bond acceptors (Lipinski definition) is 6. The van der Waals surface area contributed by atoms with Gasteiger partial charge in [-0.3, -0.25) is 0 Å². The van der Waals surface area contributed by atoms with Gasteiger partial charge in [-0.15, -0.1) is 0 Å². The maximum absolute atomic E-state index is 11.3. The Morgan fingerprint density at radius 3 is 2.40 bits per heavy atom. The van der Waals surface area contributed by atoms with E-state index in [0.29, 0.717) is 53.1 Å². The van der Waals surface area contributed by atoms with Gasteiger partial charge in [0.15, 0.2) is 5.75 Å². The highest BCUT2D eigenvalue weighted by molar-refractivity contribution is 5.90. The maximum atomic E-state index is 11.3. The molecule has 0 saturated carbocycles. The summed E-state index contributed by atoms with van der Waals surface area (Å²) >= 11 is 0. The van der Waals surface area contributed by atoms with E-state index in [4.69, 9.17) is 19.9 Å². The molecule has 0 aliphatic carbocycles. The summed E-state index contributed by atoms with van der Waals surface area (Å²) in [6.07, 6.45) is 0. The van der Waals surface area contributed by atoms with Crippen LogP contribution in [0.4, 0.5) is 5.82 Å². The number of hydrogen-bond donors (Lipinski definition) is 3. The van der Waals surface area contributed by atoms with Crippen LogP contribution in [0, 0.1) is 0 Å². The van der Waals surface area contributed by atoms with E-state index in [-0.39, 0.29) is 5.75 Å². The molecule has 8 heteroatoms. The molecule has 2 aromatic carbocycles. The molecule has 0 radical (unpaired) electrons. The second-order valence-corrected chi connectivity index (χ2v) is 6.81. The predicted molar refractivity (Wildman–Crippen MR) is 116 cm³/mol. The molecule has 2 heterocycles. The zero-order valence-corrected chi connectivity index (χ0v) is 17.1. The van der Waals surface area contributed by atoms with Gasteiger partial charge in [0.1, 0.15) is 28.7 Å². The Bertz CT molecular complexity index is 1140. The molecule has 0 amide bonds. The Balaban J connectivity index is 1.95. The Morgan fingerprint density at radius 1 is 1.07 bits per heavy atom. The second kappa shape index (κ2) is 8.00. The lowest BCUT2D eigenvalue weighted by atomic mass is 10.1. The lowest BCUT2D eigenvalue weighted by molar-refractivity contribution is 0.188. The number of benzene rings is 2. The van der Waals surface area contributed by atoms with Gasteiger partial charge < -0.3 is 34.6 Å². The van der Waals surface area contributed by atoms with Crippen LogP contribution >= 0.6 is 0 Å². The molecule has 0 fully saturated rings. The van der Waals surface area contributed by atoms with E-state index in [9.17, 15) is 5.11 Å². The van der Waals surface area contributed by atoms with Gasteiger partial charge in [-0.1, -0.05) is 12.1 Å². The van der Waals surface area contributed by atoms with E-state index in [2.05, 4.69) is 9.97 Å². The van der Waals surface area contributed by atoms with Gasteiger partial charge in [0.25, 0.3) is 0 Å². The first-order chi connectivity index (χ1) is 14.6. The number of anilines is 1. The SMILES string of the molecule is COCCn1c(N)c(-c2nc3ccccc3[nH]2)c(O)c1-c1cc(OC)cc(OC)c1. The third-order valence-corrected chi connectivity index (χ3v) is 5.05. The minimum Gasteiger partial charge on any atom is -0.505 e. The number of nitrogens with zero attached hydrogens (tertiary/aromatic N) is 2. The number of aromatic amines is 1. The fourth-order valence-corrected chi connectivity index (χ4v) is 3.58. The highest BCUT2D eigenvalue weighted by Gasteiger charge is 2.26. The number of fused-ring (bicyclic) bond motifs is 1. The molecule has 0 aliphatic heterocycles. The molecule has 0 spiro atoms. The number of methoxy groups -OCH3 is 3. The molecule has 4 aromatic rings. The van der Waals surface area contributed by atoms with Crippen LogP contribution in [0.15, 0.2) is 42.5 Å². The highest BCUT2D eigenvalue weighted by Crippen LogP contribution is 2.45. The summed E-state index contributed by atoms with van der Waals surface area (Å²) < 4.78 is 17.9. The molecule has 0 atom stereocenters. The quantitative estimate of drug-likeness (QED) is 0.431. The molecule has 0 unspecified atom stereocenters. The molecular weight excluding hydrogens is 384 g/mol. The van der Waals surface area contributed by atoms with E-state index < -0.39 is 0 Å². The van der Waals surface area contributed by atoms with Crippen molar-refractivity contribution in [3.63, 3.8) is 0 Å². The summed E-state index contributed by atoms with van der Waals surface area (Å²) in [5.41, 5.74) is 9.84. The maximum Gasteiger partial charge on any atom is 0.154 e. The van der Waals surface area contributed by atoms with Crippen molar-refractivity contribution in [3.8, 4) is 39.9 Å². The molecule has 8 nitrogen and oxygen atoms in total. The Morgan fingerprint density at radius 2 is 1.77 bits per heavy atom. The number of H-pyrrole nitrogens is 1. The minimum atomic E-state index is 0.0259. The van der Waals surface area contributed by atoms with E-state index >= 15 is 0 Å². The Kier molecular flexibility index (Phi) is 5.24. The topological polar surface area (TPSA) is 108 Å². The zero-order valence-electron chi connectivity index (χ0n) is 17.1. The summed E-state index contributed by atoms with van der Waals surface area (Å²) in [5, 5.41) is 11.3. The van der Waals surface area contributed by atoms with Crippen molar-refractivity contribution in [3.05, 3.63) is 42.5 Å². The van der Waals surface area contributed by atoms with Crippen molar-refractivity contribution in [1.29, 1.82) is 0 Å². The van der Waals surface area contributed by atoms with E-state index in [0.717, 1.165) is 11.0 Å². The lowest BCUT2D eigenvalue weighted by Crippen LogP contribution is -2.09. The van der Waals surface area contributed by atoms with Gasteiger partial charge in [-0.05, 0) is 24.3 Å². The minimum absolute atomic E-state index is 0.0259. The Labute approximate surface area is 173 Å². The Hall–Kier alpha value is -3.65. The fraction of sp³-hybridized carbons (Fsp3) is 0.227. The average molecular weight is 408 g/mol. The van der Waals surface area contributed by atoms with Crippen LogP contribution < -0.4 is 15.2 Å². The molecule has 0 bridgehead atoms. The van der Waals surface area contributed by atoms with Crippen LogP contribution in [0.2, 0.25) is 0 Å². The summed E-state index contributed by atoms with van der Waals surface area (Å²) in [4.78, 5) is 7.85. The first-order valence-corrected chi connectivity index (χ1v) is 9.45. The van der Waals surface area contributed by atoms with Gasteiger partial charge in [0.2, 0.25) is 0 Å². The van der Waals surface area contributed by atoms with Gasteiger partial charge >= 0.3 is 0 Å². The number of para-hydroxylation sites is 2. The van der Waals surface area contributed by atoms with Crippen LogP contribution in [0.25, 0.3) is 33.7 Å². The van der Waals surface area contributed by atoms with Crippen LogP contribution in [-0.4, -0.2) is 47.6 Å². The largest absolute Gasteiger partial charge is 0.505 e. The van der Waals surface area contributed by atoms with Crippen molar-refractivity contribution < 1.29 is 19.3 Å². The number of nitrogens with two attached hydrogens (primary N) is 1. The standard InChI is InChI=1S/C22H24N4O4/c1-28-9-8-26-19(13-10-14(29-2)12-15(11-13)30-3)20(27)18(21(26)23)22-24-16-6-4-5-7-17(16)25-22/h4-7,10-12,27H,8-9,23H2,1-3H3,(H,24,25). The zero-order chi connectivity index (χ0) is 21.3. The molecule has 4 N–H and O–H groups in total. The fourth-order valence-electron chi connectivity index (χ4n) is 3.58. The number of nitrogens with one attached hydrogen (secondary N) is 1. The van der Waals surface area contributed by atoms with E-state index in [1.807, 2.05) is 41.0 Å². The highest BCUT2D eigenvalue weighted by atomic mass is 16.5. The smallest absolute Gasteiger partial charge is 0.154 e. The summed E-state index contributed by atoms with van der Waals surface area (Å²) in [6, 6.07) is 13.1. The van der Waals surface area contributed by atoms with Crippen LogP contribution in [0.3, 0.4) is 0 Å². The lowest BCUT2D eigenvalue weighted by Gasteiger charge is -2.13. The van der Waals surface area contributed by atoms with Crippen molar-refractivity contribution in [2.45, 2.75) is 6.54 Å². The summed E-state index contributed by atoms with van der Waals surface area (Å²) in [6.45, 7) is 0.872. The molecule has 2 aromatic heterocycles. The third kappa shape index (κ3) is 3.31. The molecule has 0 saturated heterocycles. The normalized spacial score (nSPS) is 11.2. The molecule has 30 heavy (non-hydrogen) atoms. The predicted octanol–water partition coefficient (Wildman–Crippen LogP) is 3.65. The molecule has 0 aliphatic rings. The van der Waals surface area contributed by atoms with Gasteiger partial charge in [0, 0.05) is 25.3 Å². The van der Waals surface area contributed by atoms with Crippen LogP contribution in [-0.2, 0) is 11.3 Å². The van der Waals surface area contributed by atoms with Crippen molar-refractivity contribution in [2.75, 3.05) is 33.7 Å². The monoisotopic (exact) mass is 408 g/mol. The van der Waals surface area contributed by atoms with Crippen molar-refractivity contribution >= 4 is 16.9 Å². The number of ether oxygens (including phenoxy) is 3. The van der Waals surface area contributed by atoms with E-state index in [1.165, 1.54) is 0 Å². The molecule has 4 rings (SSSR count). The van der Waals surface area contributed by atoms with Gasteiger partial charge in [-0.25, -0.2) is 4.98 Å². The molecular formula is C22H24N4O4. The first-order valence-electron chi connectivity index (χ1n) is 9.45. The van der Waals surface area contributed by atoms with Gasteiger partial charge in [-0.2, -0.15) is 0 Å². The van der Waals surface area contributed by atoms with Crippen molar-refractivity contribution in [2.24, 2.45) is 0 Å². The number of nitrogen functional groups attached to an aromatic ring is 1. The van der Waals surface area contributed by atoms with Crippen LogP contribution in [0.1, 0.15) is 0 Å². The van der Waals surface area contributed by atoms with Crippen molar-refractivity contribution in [1.82, 2.24) is 14.5 Å².